The van der Waals surface area contributed by atoms with Gasteiger partial charge in [-0.25, -0.2) is 0 Å². The molecule has 0 aliphatic carbocycles. The number of rotatable bonds is 18. The van der Waals surface area contributed by atoms with Gasteiger partial charge in [0, 0.05) is 6.42 Å². The summed E-state index contributed by atoms with van der Waals surface area (Å²) in [5.74, 6) is -3.13. The van der Waals surface area contributed by atoms with E-state index >= 15 is 0 Å². The fourth-order valence-corrected chi connectivity index (χ4v) is 4.01. The molecule has 0 aromatic carbocycles. The van der Waals surface area contributed by atoms with Crippen LogP contribution in [0.2, 0.25) is 0 Å². The van der Waals surface area contributed by atoms with Crippen molar-refractivity contribution < 1.29 is 39.8 Å². The van der Waals surface area contributed by atoms with Gasteiger partial charge >= 0.3 is 5.97 Å². The van der Waals surface area contributed by atoms with E-state index in [0.717, 1.165) is 19.3 Å². The third kappa shape index (κ3) is 10.9. The van der Waals surface area contributed by atoms with Crippen molar-refractivity contribution in [2.45, 2.75) is 140 Å². The zero-order chi connectivity index (χ0) is 23.8. The van der Waals surface area contributed by atoms with Gasteiger partial charge in [-0.05, 0) is 6.42 Å². The van der Waals surface area contributed by atoms with Gasteiger partial charge in [0.1, 0.15) is 18.3 Å². The predicted molar refractivity (Wildman–Crippen MR) is 121 cm³/mol. The van der Waals surface area contributed by atoms with Crippen LogP contribution in [-0.4, -0.2) is 68.5 Å². The molecule has 1 unspecified atom stereocenters. The van der Waals surface area contributed by atoms with E-state index in [4.69, 9.17) is 14.6 Å². The number of aliphatic hydroxyl groups excluding tert-OH is 4. The summed E-state index contributed by atoms with van der Waals surface area (Å²) in [4.78, 5) is 12.0. The Kier molecular flexibility index (Phi) is 15.3. The highest BCUT2D eigenvalue weighted by atomic mass is 16.8. The molecule has 1 aliphatic heterocycles. The van der Waals surface area contributed by atoms with E-state index in [1.165, 1.54) is 70.6 Å². The predicted octanol–water partition coefficient (Wildman–Crippen LogP) is 2.91. The number of unbranched alkanes of at least 4 members (excludes halogenated alkanes) is 14. The Hall–Kier alpha value is -0.770. The van der Waals surface area contributed by atoms with Gasteiger partial charge in [0.2, 0.25) is 12.1 Å². The molecular formula is C24H46O8. The molecule has 1 fully saturated rings. The molecule has 0 amide bonds. The van der Waals surface area contributed by atoms with Crippen LogP contribution in [0.4, 0.5) is 0 Å². The first-order chi connectivity index (χ1) is 15.4. The molecule has 190 valence electrons. The van der Waals surface area contributed by atoms with E-state index in [2.05, 4.69) is 6.92 Å². The average Bonchev–Trinajstić information content (AvgIpc) is 2.78. The number of aliphatic hydroxyl groups is 5. The monoisotopic (exact) mass is 462 g/mol. The van der Waals surface area contributed by atoms with E-state index < -0.39 is 43.0 Å². The summed E-state index contributed by atoms with van der Waals surface area (Å²) in [6, 6.07) is 0. The van der Waals surface area contributed by atoms with Crippen molar-refractivity contribution in [1.29, 1.82) is 0 Å². The van der Waals surface area contributed by atoms with Crippen molar-refractivity contribution in [3.05, 3.63) is 0 Å². The molecule has 32 heavy (non-hydrogen) atoms. The van der Waals surface area contributed by atoms with Crippen molar-refractivity contribution in [3.8, 4) is 0 Å². The molecule has 1 heterocycles. The van der Waals surface area contributed by atoms with Crippen LogP contribution in [0.1, 0.15) is 110 Å². The van der Waals surface area contributed by atoms with Gasteiger partial charge in [0.15, 0.2) is 0 Å². The fraction of sp³-hybridized carbons (Fsp3) is 0.958. The molecule has 0 saturated carbocycles. The van der Waals surface area contributed by atoms with E-state index in [1.807, 2.05) is 0 Å². The smallest absolute Gasteiger partial charge is 0.308 e. The first-order valence-electron chi connectivity index (χ1n) is 12.6. The molecule has 0 aromatic rings. The quantitative estimate of drug-likeness (QED) is 0.155. The zero-order valence-corrected chi connectivity index (χ0v) is 19.8. The highest BCUT2D eigenvalue weighted by Crippen LogP contribution is 2.28. The summed E-state index contributed by atoms with van der Waals surface area (Å²) in [7, 11) is 0. The Morgan fingerprint density at radius 1 is 0.781 bits per heavy atom. The highest BCUT2D eigenvalue weighted by molar-refractivity contribution is 5.69. The van der Waals surface area contributed by atoms with Gasteiger partial charge in [-0.15, -0.1) is 0 Å². The summed E-state index contributed by atoms with van der Waals surface area (Å²) in [5, 5.41) is 48.5. The molecular weight excluding hydrogens is 416 g/mol. The van der Waals surface area contributed by atoms with Crippen LogP contribution in [0.5, 0.6) is 0 Å². The summed E-state index contributed by atoms with van der Waals surface area (Å²) >= 11 is 0. The topological polar surface area (TPSA) is 137 Å². The Morgan fingerprint density at radius 3 is 1.66 bits per heavy atom. The molecule has 0 aromatic heterocycles. The number of carbonyl (C=O) groups excluding carboxylic acids is 1. The number of esters is 1. The molecule has 1 rings (SSSR count). The largest absolute Gasteiger partial charge is 0.433 e. The summed E-state index contributed by atoms with van der Waals surface area (Å²) in [6.45, 7) is 1.22. The van der Waals surface area contributed by atoms with E-state index in [0.29, 0.717) is 6.42 Å². The van der Waals surface area contributed by atoms with Crippen molar-refractivity contribution >= 4 is 5.97 Å². The minimum absolute atomic E-state index is 0.126. The number of ether oxygens (including phenoxy) is 2. The second-order valence-electron chi connectivity index (χ2n) is 9.10. The third-order valence-electron chi connectivity index (χ3n) is 6.19. The molecule has 1 saturated heterocycles. The van der Waals surface area contributed by atoms with Crippen LogP contribution in [0.3, 0.4) is 0 Å². The summed E-state index contributed by atoms with van der Waals surface area (Å²) < 4.78 is 9.91. The van der Waals surface area contributed by atoms with Crippen LogP contribution in [0, 0.1) is 0 Å². The van der Waals surface area contributed by atoms with Gasteiger partial charge in [0.05, 0.1) is 6.61 Å². The third-order valence-corrected chi connectivity index (χ3v) is 6.19. The molecule has 5 N–H and O–H groups in total. The molecule has 5 atom stereocenters. The Morgan fingerprint density at radius 2 is 1.22 bits per heavy atom. The Labute approximate surface area is 192 Å². The van der Waals surface area contributed by atoms with Crippen LogP contribution < -0.4 is 0 Å². The lowest BCUT2D eigenvalue weighted by atomic mass is 9.96. The second kappa shape index (κ2) is 16.8. The average molecular weight is 463 g/mol. The van der Waals surface area contributed by atoms with Crippen LogP contribution in [0.25, 0.3) is 0 Å². The van der Waals surface area contributed by atoms with E-state index in [-0.39, 0.29) is 6.42 Å². The maximum absolute atomic E-state index is 12.0. The number of hydrogen-bond donors (Lipinski definition) is 5. The van der Waals surface area contributed by atoms with Gasteiger partial charge in [-0.1, -0.05) is 96.8 Å². The SMILES string of the molecule is CCCCCCCCCCCCCCCCCC(=O)OC1O[C@@](O)(CO)[C@@H](O)[C@H](O)[C@@H]1O. The van der Waals surface area contributed by atoms with E-state index in [9.17, 15) is 25.2 Å². The Bertz CT molecular complexity index is 489. The molecule has 1 aliphatic rings. The normalized spacial score (nSPS) is 28.1. The summed E-state index contributed by atoms with van der Waals surface area (Å²) in [6.07, 6.45) is 11.3. The Balaban J connectivity index is 2.01. The van der Waals surface area contributed by atoms with Crippen molar-refractivity contribution in [2.75, 3.05) is 6.61 Å². The van der Waals surface area contributed by atoms with Gasteiger partial charge in [-0.2, -0.15) is 0 Å². The van der Waals surface area contributed by atoms with Crippen molar-refractivity contribution in [2.24, 2.45) is 0 Å². The first-order valence-corrected chi connectivity index (χ1v) is 12.6. The standard InChI is InChI=1S/C24H46O8/c1-2-3-4-5-6-7-8-9-10-11-12-13-14-15-16-17-19(26)31-23-21(28)20(27)22(29)24(30,18-25)32-23/h20-23,25,27-30H,2-18H2,1H3/t20-,21+,22+,23?,24+/m1/s1. The second-order valence-corrected chi connectivity index (χ2v) is 9.10. The molecule has 0 bridgehead atoms. The first kappa shape index (κ1) is 29.3. The fourth-order valence-electron chi connectivity index (χ4n) is 4.01. The molecule has 0 radical (unpaired) electrons. The van der Waals surface area contributed by atoms with E-state index in [1.54, 1.807) is 0 Å². The molecule has 8 nitrogen and oxygen atoms in total. The van der Waals surface area contributed by atoms with Crippen molar-refractivity contribution in [3.63, 3.8) is 0 Å². The van der Waals surface area contributed by atoms with Crippen LogP contribution >= 0.6 is 0 Å². The number of hydrogen-bond acceptors (Lipinski definition) is 8. The van der Waals surface area contributed by atoms with Crippen molar-refractivity contribution in [1.82, 2.24) is 0 Å². The maximum atomic E-state index is 12.0. The lowest BCUT2D eigenvalue weighted by Gasteiger charge is -2.43. The highest BCUT2D eigenvalue weighted by Gasteiger charge is 2.54. The lowest BCUT2D eigenvalue weighted by molar-refractivity contribution is -0.390. The molecule has 8 heteroatoms. The minimum Gasteiger partial charge on any atom is -0.433 e. The van der Waals surface area contributed by atoms with Crippen LogP contribution in [0.15, 0.2) is 0 Å². The summed E-state index contributed by atoms with van der Waals surface area (Å²) in [5.41, 5.74) is 0. The zero-order valence-electron chi connectivity index (χ0n) is 19.8. The lowest BCUT2D eigenvalue weighted by Crippen LogP contribution is -2.66. The van der Waals surface area contributed by atoms with Gasteiger partial charge in [0.25, 0.3) is 0 Å². The maximum Gasteiger partial charge on any atom is 0.308 e. The van der Waals surface area contributed by atoms with Crippen LogP contribution in [-0.2, 0) is 14.3 Å². The minimum atomic E-state index is -2.50. The van der Waals surface area contributed by atoms with Gasteiger partial charge in [-0.3, -0.25) is 4.79 Å². The van der Waals surface area contributed by atoms with Gasteiger partial charge < -0.3 is 35.0 Å². The molecule has 0 spiro atoms. The number of carbonyl (C=O) groups is 1.